The van der Waals surface area contributed by atoms with E-state index in [1.165, 1.54) is 0 Å². The minimum absolute atomic E-state index is 0.125. The van der Waals surface area contributed by atoms with Gasteiger partial charge >= 0.3 is 0 Å². The number of hydrogen-bond donors (Lipinski definition) is 3. The molecule has 1 aromatic carbocycles. The number of anilines is 1. The van der Waals surface area contributed by atoms with Gasteiger partial charge in [-0.15, -0.1) is 0 Å². The predicted molar refractivity (Wildman–Crippen MR) is 100 cm³/mol. The van der Waals surface area contributed by atoms with E-state index in [4.69, 9.17) is 9.47 Å². The Morgan fingerprint density at radius 3 is 2.69 bits per heavy atom. The van der Waals surface area contributed by atoms with Crippen molar-refractivity contribution >= 4 is 23.7 Å². The molecule has 3 N–H and O–H groups in total. The SMILES string of the molecule is N#C/C(=C\c1ccc(N2CCOCC2)cc1)SNC1CC(O)COC1O. The number of ether oxygens (including phenoxy) is 2. The van der Waals surface area contributed by atoms with Crippen LogP contribution in [0.15, 0.2) is 29.2 Å². The molecule has 0 spiro atoms. The molecule has 2 saturated heterocycles. The third kappa shape index (κ3) is 5.20. The van der Waals surface area contributed by atoms with Gasteiger partial charge in [-0.25, -0.2) is 0 Å². The van der Waals surface area contributed by atoms with E-state index in [9.17, 15) is 15.5 Å². The van der Waals surface area contributed by atoms with E-state index < -0.39 is 18.4 Å². The molecule has 140 valence electrons. The van der Waals surface area contributed by atoms with E-state index in [-0.39, 0.29) is 6.61 Å². The molecule has 0 saturated carbocycles. The summed E-state index contributed by atoms with van der Waals surface area (Å²) in [6.45, 7) is 3.38. The lowest BCUT2D eigenvalue weighted by atomic mass is 10.1. The third-order valence-corrected chi connectivity index (χ3v) is 5.18. The minimum Gasteiger partial charge on any atom is -0.391 e. The number of morpholine rings is 1. The van der Waals surface area contributed by atoms with Crippen LogP contribution in [0.5, 0.6) is 0 Å². The predicted octanol–water partition coefficient (Wildman–Crippen LogP) is 1.09. The fourth-order valence-corrected chi connectivity index (χ4v) is 3.62. The van der Waals surface area contributed by atoms with Crippen LogP contribution in [0.3, 0.4) is 0 Å². The molecule has 2 aliphatic heterocycles. The van der Waals surface area contributed by atoms with E-state index >= 15 is 0 Å². The monoisotopic (exact) mass is 377 g/mol. The van der Waals surface area contributed by atoms with Crippen LogP contribution in [-0.4, -0.2) is 61.6 Å². The highest BCUT2D eigenvalue weighted by molar-refractivity contribution is 8.01. The summed E-state index contributed by atoms with van der Waals surface area (Å²) >= 11 is 1.13. The van der Waals surface area contributed by atoms with Crippen molar-refractivity contribution < 1.29 is 19.7 Å². The minimum atomic E-state index is -0.987. The quantitative estimate of drug-likeness (QED) is 0.518. The fourth-order valence-electron chi connectivity index (χ4n) is 2.89. The van der Waals surface area contributed by atoms with Crippen molar-refractivity contribution in [3.63, 3.8) is 0 Å². The van der Waals surface area contributed by atoms with Gasteiger partial charge in [-0.05, 0) is 42.1 Å². The van der Waals surface area contributed by atoms with Crippen molar-refractivity contribution in [2.45, 2.75) is 24.9 Å². The molecule has 0 aliphatic carbocycles. The lowest BCUT2D eigenvalue weighted by molar-refractivity contribution is -0.168. The van der Waals surface area contributed by atoms with Crippen LogP contribution in [0.1, 0.15) is 12.0 Å². The van der Waals surface area contributed by atoms with Crippen molar-refractivity contribution in [3.8, 4) is 6.07 Å². The first-order valence-electron chi connectivity index (χ1n) is 8.60. The molecule has 0 amide bonds. The lowest BCUT2D eigenvalue weighted by Gasteiger charge is -2.31. The Morgan fingerprint density at radius 1 is 1.27 bits per heavy atom. The largest absolute Gasteiger partial charge is 0.391 e. The van der Waals surface area contributed by atoms with Gasteiger partial charge in [0, 0.05) is 18.8 Å². The molecule has 1 aromatic rings. The molecule has 2 fully saturated rings. The summed E-state index contributed by atoms with van der Waals surface area (Å²) in [6.07, 6.45) is 0.561. The molecule has 2 aliphatic rings. The van der Waals surface area contributed by atoms with Crippen LogP contribution in [0.2, 0.25) is 0 Å². The standard InChI is InChI=1S/C18H23N3O4S/c19-11-16(26-20-17-10-15(22)12-25-18(17)23)9-13-1-3-14(4-2-13)21-5-7-24-8-6-21/h1-4,9,15,17-18,20,22-23H,5-8,10,12H2/b16-9+. The van der Waals surface area contributed by atoms with Crippen molar-refractivity contribution in [3.05, 3.63) is 34.7 Å². The molecule has 3 unspecified atom stereocenters. The number of nitrogens with zero attached hydrogens (tertiary/aromatic N) is 2. The molecule has 8 heteroatoms. The van der Waals surface area contributed by atoms with E-state index in [1.807, 2.05) is 24.3 Å². The first kappa shape index (κ1) is 19.2. The Kier molecular flexibility index (Phi) is 6.91. The van der Waals surface area contributed by atoms with E-state index in [0.29, 0.717) is 11.3 Å². The Hall–Kier alpha value is -1.60. The van der Waals surface area contributed by atoms with Crippen molar-refractivity contribution in [1.82, 2.24) is 4.72 Å². The van der Waals surface area contributed by atoms with Crippen LogP contribution in [0.25, 0.3) is 6.08 Å². The number of allylic oxidation sites excluding steroid dienone is 1. The maximum Gasteiger partial charge on any atom is 0.171 e. The first-order chi connectivity index (χ1) is 12.7. The molecular formula is C18H23N3O4S. The van der Waals surface area contributed by atoms with Gasteiger partial charge in [0.2, 0.25) is 0 Å². The Balaban J connectivity index is 1.58. The molecule has 0 bridgehead atoms. The zero-order valence-corrected chi connectivity index (χ0v) is 15.2. The number of nitriles is 1. The van der Waals surface area contributed by atoms with Crippen LogP contribution >= 0.6 is 11.9 Å². The average Bonchev–Trinajstić information content (AvgIpc) is 2.68. The van der Waals surface area contributed by atoms with Crippen molar-refractivity contribution in [2.24, 2.45) is 0 Å². The molecule has 0 aromatic heterocycles. The molecule has 0 radical (unpaired) electrons. The summed E-state index contributed by atoms with van der Waals surface area (Å²) in [7, 11) is 0. The summed E-state index contributed by atoms with van der Waals surface area (Å²) in [5.74, 6) is 0. The van der Waals surface area contributed by atoms with Gasteiger partial charge in [0.05, 0.1) is 32.0 Å². The van der Waals surface area contributed by atoms with E-state index in [0.717, 1.165) is 49.5 Å². The molecule has 2 heterocycles. The zero-order chi connectivity index (χ0) is 18.4. The smallest absolute Gasteiger partial charge is 0.171 e. The number of nitrogens with one attached hydrogen (secondary N) is 1. The number of hydrogen-bond acceptors (Lipinski definition) is 8. The topological polar surface area (TPSA) is 98.0 Å². The average molecular weight is 377 g/mol. The van der Waals surface area contributed by atoms with Gasteiger partial charge in [0.15, 0.2) is 6.29 Å². The lowest BCUT2D eigenvalue weighted by Crippen LogP contribution is -2.46. The zero-order valence-electron chi connectivity index (χ0n) is 14.4. The van der Waals surface area contributed by atoms with Gasteiger partial charge in [-0.1, -0.05) is 12.1 Å². The van der Waals surface area contributed by atoms with Crippen LogP contribution in [0, 0.1) is 11.3 Å². The highest BCUT2D eigenvalue weighted by Crippen LogP contribution is 2.22. The summed E-state index contributed by atoms with van der Waals surface area (Å²) < 4.78 is 13.4. The van der Waals surface area contributed by atoms with Gasteiger partial charge in [-0.2, -0.15) is 5.26 Å². The Bertz CT molecular complexity index is 655. The number of rotatable bonds is 5. The first-order valence-corrected chi connectivity index (χ1v) is 9.42. The van der Waals surface area contributed by atoms with Crippen LogP contribution in [0.4, 0.5) is 5.69 Å². The van der Waals surface area contributed by atoms with E-state index in [1.54, 1.807) is 6.08 Å². The highest BCUT2D eigenvalue weighted by atomic mass is 32.2. The van der Waals surface area contributed by atoms with Crippen LogP contribution in [-0.2, 0) is 9.47 Å². The number of aliphatic hydroxyl groups is 2. The van der Waals surface area contributed by atoms with E-state index in [2.05, 4.69) is 15.7 Å². The highest BCUT2D eigenvalue weighted by Gasteiger charge is 2.29. The second-order valence-corrected chi connectivity index (χ2v) is 7.13. The Labute approximate surface area is 157 Å². The second-order valence-electron chi connectivity index (χ2n) is 6.25. The van der Waals surface area contributed by atoms with Gasteiger partial charge < -0.3 is 24.6 Å². The maximum absolute atomic E-state index is 9.79. The molecule has 3 rings (SSSR count). The fraction of sp³-hybridized carbons (Fsp3) is 0.500. The molecule has 7 nitrogen and oxygen atoms in total. The maximum atomic E-state index is 9.79. The second kappa shape index (κ2) is 9.37. The number of aliphatic hydroxyl groups excluding tert-OH is 2. The summed E-state index contributed by atoms with van der Waals surface area (Å²) in [5, 5.41) is 28.8. The number of benzene rings is 1. The van der Waals surface area contributed by atoms with Gasteiger partial charge in [0.25, 0.3) is 0 Å². The van der Waals surface area contributed by atoms with Gasteiger partial charge in [0.1, 0.15) is 11.0 Å². The normalized spacial score (nSPS) is 27.2. The molecular weight excluding hydrogens is 354 g/mol. The van der Waals surface area contributed by atoms with Gasteiger partial charge in [-0.3, -0.25) is 4.72 Å². The summed E-state index contributed by atoms with van der Waals surface area (Å²) in [4.78, 5) is 2.74. The van der Waals surface area contributed by atoms with Crippen molar-refractivity contribution in [1.29, 1.82) is 5.26 Å². The summed E-state index contributed by atoms with van der Waals surface area (Å²) in [5.41, 5.74) is 2.07. The molecule has 26 heavy (non-hydrogen) atoms. The molecule has 3 atom stereocenters. The van der Waals surface area contributed by atoms with Crippen LogP contribution < -0.4 is 9.62 Å². The third-order valence-electron chi connectivity index (χ3n) is 4.33. The summed E-state index contributed by atoms with van der Waals surface area (Å²) in [6, 6.07) is 9.75. The van der Waals surface area contributed by atoms with Crippen molar-refractivity contribution in [2.75, 3.05) is 37.8 Å². The Morgan fingerprint density at radius 2 is 2.00 bits per heavy atom.